The summed E-state index contributed by atoms with van der Waals surface area (Å²) in [4.78, 5) is 33.6. The number of nitrogens with zero attached hydrogens (tertiary/aromatic N) is 2. The van der Waals surface area contributed by atoms with Crippen molar-refractivity contribution in [3.63, 3.8) is 0 Å². The van der Waals surface area contributed by atoms with Gasteiger partial charge in [-0.15, -0.1) is 0 Å². The minimum Gasteiger partial charge on any atom is -0.466 e. The first-order valence-electron chi connectivity index (χ1n) is 8.70. The van der Waals surface area contributed by atoms with Crippen molar-refractivity contribution in [2.75, 3.05) is 31.2 Å². The van der Waals surface area contributed by atoms with E-state index in [4.69, 9.17) is 9.47 Å². The van der Waals surface area contributed by atoms with Crippen LogP contribution in [0.4, 0.5) is 5.95 Å². The van der Waals surface area contributed by atoms with Crippen LogP contribution in [0.25, 0.3) is 11.0 Å². The van der Waals surface area contributed by atoms with Crippen molar-refractivity contribution < 1.29 is 19.1 Å². The van der Waals surface area contributed by atoms with Crippen molar-refractivity contribution in [3.05, 3.63) is 23.8 Å². The van der Waals surface area contributed by atoms with E-state index in [9.17, 15) is 9.59 Å². The molecule has 7 nitrogen and oxygen atoms in total. The highest BCUT2D eigenvalue weighted by molar-refractivity contribution is 5.94. The van der Waals surface area contributed by atoms with Crippen LogP contribution in [-0.2, 0) is 14.3 Å². The van der Waals surface area contributed by atoms with E-state index in [0.29, 0.717) is 18.8 Å². The van der Waals surface area contributed by atoms with Crippen LogP contribution in [0.5, 0.6) is 0 Å². The van der Waals surface area contributed by atoms with Gasteiger partial charge in [0.2, 0.25) is 5.95 Å². The summed E-state index contributed by atoms with van der Waals surface area (Å²) in [5, 5.41) is 0. The number of hydrogen-bond acceptors (Lipinski definition) is 6. The fourth-order valence-electron chi connectivity index (χ4n) is 3.07. The molecule has 1 fully saturated rings. The molecule has 1 aliphatic rings. The lowest BCUT2D eigenvalue weighted by Crippen LogP contribution is -2.37. The Morgan fingerprint density at radius 2 is 1.92 bits per heavy atom. The molecule has 3 rings (SSSR count). The summed E-state index contributed by atoms with van der Waals surface area (Å²) in [5.41, 5.74) is 2.11. The molecule has 0 bridgehead atoms. The minimum absolute atomic E-state index is 0.0315. The Labute approximate surface area is 146 Å². The van der Waals surface area contributed by atoms with Gasteiger partial charge in [0.25, 0.3) is 0 Å². The number of piperidine rings is 1. The molecule has 0 atom stereocenters. The quantitative estimate of drug-likeness (QED) is 0.838. The van der Waals surface area contributed by atoms with E-state index < -0.39 is 0 Å². The second-order valence-electron chi connectivity index (χ2n) is 6.03. The van der Waals surface area contributed by atoms with E-state index in [2.05, 4.69) is 14.9 Å². The summed E-state index contributed by atoms with van der Waals surface area (Å²) in [6.07, 6.45) is 1.51. The number of esters is 2. The fraction of sp³-hybridized carbons (Fsp3) is 0.500. The number of aromatic amines is 1. The van der Waals surface area contributed by atoms with Crippen LogP contribution in [-0.4, -0.2) is 48.2 Å². The van der Waals surface area contributed by atoms with E-state index in [1.165, 1.54) is 0 Å². The van der Waals surface area contributed by atoms with Gasteiger partial charge in [0, 0.05) is 13.1 Å². The van der Waals surface area contributed by atoms with Gasteiger partial charge < -0.3 is 19.4 Å². The Hall–Kier alpha value is -2.57. The highest BCUT2D eigenvalue weighted by Crippen LogP contribution is 2.25. The number of rotatable bonds is 5. The number of carbonyl (C=O) groups is 2. The van der Waals surface area contributed by atoms with Gasteiger partial charge in [0.1, 0.15) is 0 Å². The van der Waals surface area contributed by atoms with Crippen LogP contribution < -0.4 is 4.90 Å². The zero-order valence-electron chi connectivity index (χ0n) is 14.6. The Kier molecular flexibility index (Phi) is 5.21. The van der Waals surface area contributed by atoms with Crippen molar-refractivity contribution in [2.45, 2.75) is 26.7 Å². The third kappa shape index (κ3) is 3.75. The molecule has 1 aromatic carbocycles. The zero-order valence-corrected chi connectivity index (χ0v) is 14.6. The molecule has 1 saturated heterocycles. The molecule has 2 aromatic rings. The predicted octanol–water partition coefficient (Wildman–Crippen LogP) is 2.52. The summed E-state index contributed by atoms with van der Waals surface area (Å²) in [6, 6.07) is 5.29. The molecule has 0 spiro atoms. The summed E-state index contributed by atoms with van der Waals surface area (Å²) in [5.74, 6) is 0.288. The Morgan fingerprint density at radius 3 is 2.60 bits per heavy atom. The topological polar surface area (TPSA) is 84.5 Å². The number of nitrogens with one attached hydrogen (secondary N) is 1. The van der Waals surface area contributed by atoms with Gasteiger partial charge in [-0.3, -0.25) is 4.79 Å². The van der Waals surface area contributed by atoms with Gasteiger partial charge in [-0.1, -0.05) is 0 Å². The van der Waals surface area contributed by atoms with Crippen molar-refractivity contribution in [1.82, 2.24) is 9.97 Å². The monoisotopic (exact) mass is 345 g/mol. The molecule has 0 radical (unpaired) electrons. The summed E-state index contributed by atoms with van der Waals surface area (Å²) in [6.45, 7) is 5.87. The average Bonchev–Trinajstić information content (AvgIpc) is 3.05. The third-order valence-electron chi connectivity index (χ3n) is 4.39. The molecular formula is C18H23N3O4. The second kappa shape index (κ2) is 7.55. The second-order valence-corrected chi connectivity index (χ2v) is 6.03. The van der Waals surface area contributed by atoms with E-state index in [1.54, 1.807) is 19.1 Å². The van der Waals surface area contributed by atoms with Crippen molar-refractivity contribution in [3.8, 4) is 0 Å². The van der Waals surface area contributed by atoms with Crippen LogP contribution in [0.1, 0.15) is 37.0 Å². The van der Waals surface area contributed by atoms with E-state index in [-0.39, 0.29) is 17.9 Å². The number of imidazole rings is 1. The minimum atomic E-state index is -0.337. The number of fused-ring (bicyclic) bond motifs is 1. The van der Waals surface area contributed by atoms with Gasteiger partial charge >= 0.3 is 11.9 Å². The number of anilines is 1. The Balaban J connectivity index is 1.70. The number of carbonyl (C=O) groups excluding carboxylic acids is 2. The standard InChI is InChI=1S/C18H23N3O4/c1-3-24-16(22)12-7-9-21(10-8-12)18-19-14-6-5-13(11-15(14)20-18)17(23)25-4-2/h5-6,11-12H,3-4,7-10H2,1-2H3,(H,19,20). The van der Waals surface area contributed by atoms with Gasteiger partial charge in [0.15, 0.2) is 0 Å². The van der Waals surface area contributed by atoms with E-state index in [0.717, 1.165) is 42.9 Å². The summed E-state index contributed by atoms with van der Waals surface area (Å²) in [7, 11) is 0. The highest BCUT2D eigenvalue weighted by atomic mass is 16.5. The summed E-state index contributed by atoms with van der Waals surface area (Å²) < 4.78 is 10.1. The molecular weight excluding hydrogens is 322 g/mol. The van der Waals surface area contributed by atoms with Crippen LogP contribution in [0.2, 0.25) is 0 Å². The Bertz CT molecular complexity index is 763. The predicted molar refractivity (Wildman–Crippen MR) is 93.6 cm³/mol. The first-order chi connectivity index (χ1) is 12.1. The van der Waals surface area contributed by atoms with Gasteiger partial charge in [-0.25, -0.2) is 9.78 Å². The summed E-state index contributed by atoms with van der Waals surface area (Å²) >= 11 is 0. The highest BCUT2D eigenvalue weighted by Gasteiger charge is 2.27. The van der Waals surface area contributed by atoms with Gasteiger partial charge in [-0.2, -0.15) is 0 Å². The van der Waals surface area contributed by atoms with E-state index in [1.807, 2.05) is 13.0 Å². The van der Waals surface area contributed by atoms with Gasteiger partial charge in [-0.05, 0) is 44.9 Å². The molecule has 25 heavy (non-hydrogen) atoms. The average molecular weight is 345 g/mol. The van der Waals surface area contributed by atoms with Gasteiger partial charge in [0.05, 0.1) is 35.7 Å². The first-order valence-corrected chi connectivity index (χ1v) is 8.70. The molecule has 1 aromatic heterocycles. The molecule has 7 heteroatoms. The van der Waals surface area contributed by atoms with Crippen LogP contribution in [0.3, 0.4) is 0 Å². The Morgan fingerprint density at radius 1 is 1.20 bits per heavy atom. The lowest BCUT2D eigenvalue weighted by molar-refractivity contribution is -0.148. The zero-order chi connectivity index (χ0) is 17.8. The van der Waals surface area contributed by atoms with Crippen LogP contribution in [0, 0.1) is 5.92 Å². The molecule has 0 amide bonds. The van der Waals surface area contributed by atoms with Crippen LogP contribution in [0.15, 0.2) is 18.2 Å². The number of ether oxygens (including phenoxy) is 2. The largest absolute Gasteiger partial charge is 0.466 e. The number of aromatic nitrogens is 2. The lowest BCUT2D eigenvalue weighted by atomic mass is 9.97. The first kappa shape index (κ1) is 17.3. The fourth-order valence-corrected chi connectivity index (χ4v) is 3.07. The third-order valence-corrected chi connectivity index (χ3v) is 4.39. The molecule has 2 heterocycles. The number of hydrogen-bond donors (Lipinski definition) is 1. The molecule has 1 N–H and O–H groups in total. The maximum absolute atomic E-state index is 11.8. The number of benzene rings is 1. The molecule has 134 valence electrons. The lowest BCUT2D eigenvalue weighted by Gasteiger charge is -2.30. The molecule has 0 aliphatic carbocycles. The molecule has 0 saturated carbocycles. The molecule has 1 aliphatic heterocycles. The van der Waals surface area contributed by atoms with E-state index >= 15 is 0 Å². The maximum atomic E-state index is 11.8. The van der Waals surface area contributed by atoms with Crippen molar-refractivity contribution in [1.29, 1.82) is 0 Å². The SMILES string of the molecule is CCOC(=O)c1ccc2nc(N3CCC(C(=O)OCC)CC3)[nH]c2c1. The van der Waals surface area contributed by atoms with Crippen LogP contribution >= 0.6 is 0 Å². The van der Waals surface area contributed by atoms with Crippen molar-refractivity contribution in [2.24, 2.45) is 5.92 Å². The normalized spacial score (nSPS) is 15.4. The number of H-pyrrole nitrogens is 1. The maximum Gasteiger partial charge on any atom is 0.338 e. The molecule has 0 unspecified atom stereocenters. The smallest absolute Gasteiger partial charge is 0.338 e. The van der Waals surface area contributed by atoms with Crippen molar-refractivity contribution >= 4 is 28.9 Å².